The number of aromatic nitrogens is 2. The average molecular weight is 326 g/mol. The van der Waals surface area contributed by atoms with E-state index in [1.807, 2.05) is 30.3 Å². The molecule has 1 aromatic heterocycles. The van der Waals surface area contributed by atoms with Gasteiger partial charge in [-0.15, -0.1) is 0 Å². The lowest BCUT2D eigenvalue weighted by Gasteiger charge is -2.35. The van der Waals surface area contributed by atoms with Crippen LogP contribution in [0.3, 0.4) is 0 Å². The zero-order valence-electron chi connectivity index (χ0n) is 14.5. The maximum absolute atomic E-state index is 12.6. The number of amides is 1. The third kappa shape index (κ3) is 3.85. The van der Waals surface area contributed by atoms with Crippen LogP contribution in [0.5, 0.6) is 0 Å². The van der Waals surface area contributed by atoms with E-state index in [4.69, 9.17) is 0 Å². The molecule has 1 fully saturated rings. The van der Waals surface area contributed by atoms with Crippen molar-refractivity contribution in [3.63, 3.8) is 0 Å². The van der Waals surface area contributed by atoms with E-state index in [9.17, 15) is 4.79 Å². The summed E-state index contributed by atoms with van der Waals surface area (Å²) in [5.41, 5.74) is 2.36. The van der Waals surface area contributed by atoms with Crippen molar-refractivity contribution in [2.45, 2.75) is 32.7 Å². The summed E-state index contributed by atoms with van der Waals surface area (Å²) >= 11 is 0. The lowest BCUT2D eigenvalue weighted by molar-refractivity contribution is 0.0923. The van der Waals surface area contributed by atoms with Gasteiger partial charge in [0.1, 0.15) is 0 Å². The van der Waals surface area contributed by atoms with Crippen molar-refractivity contribution in [3.05, 3.63) is 42.1 Å². The van der Waals surface area contributed by atoms with Crippen LogP contribution in [0.4, 0.5) is 0 Å². The number of rotatable bonds is 5. The number of aromatic amines is 1. The largest absolute Gasteiger partial charge is 0.352 e. The minimum Gasteiger partial charge on any atom is -0.352 e. The summed E-state index contributed by atoms with van der Waals surface area (Å²) in [4.78, 5) is 15.1. The molecule has 5 heteroatoms. The molecule has 0 saturated carbocycles. The first-order valence-electron chi connectivity index (χ1n) is 8.76. The predicted octanol–water partition coefficient (Wildman–Crippen LogP) is 2.93. The fourth-order valence-corrected chi connectivity index (χ4v) is 3.35. The van der Waals surface area contributed by atoms with Gasteiger partial charge in [-0.3, -0.25) is 9.89 Å². The number of nitrogens with zero attached hydrogens (tertiary/aromatic N) is 2. The van der Waals surface area contributed by atoms with Crippen LogP contribution in [-0.2, 0) is 0 Å². The fourth-order valence-electron chi connectivity index (χ4n) is 3.35. The molecule has 1 amide bonds. The smallest absolute Gasteiger partial charge is 0.255 e. The van der Waals surface area contributed by atoms with Crippen molar-refractivity contribution in [2.75, 3.05) is 19.6 Å². The zero-order valence-corrected chi connectivity index (χ0v) is 14.5. The monoisotopic (exact) mass is 326 g/mol. The molecule has 1 aromatic carbocycles. The summed E-state index contributed by atoms with van der Waals surface area (Å²) in [6.07, 6.45) is 4.00. The van der Waals surface area contributed by atoms with Gasteiger partial charge in [-0.2, -0.15) is 5.10 Å². The van der Waals surface area contributed by atoms with Crippen LogP contribution >= 0.6 is 0 Å². The van der Waals surface area contributed by atoms with E-state index >= 15 is 0 Å². The van der Waals surface area contributed by atoms with E-state index in [2.05, 4.69) is 34.3 Å². The highest BCUT2D eigenvalue weighted by atomic mass is 16.1. The highest BCUT2D eigenvalue weighted by Crippen LogP contribution is 2.21. The number of hydrogen-bond donors (Lipinski definition) is 2. The van der Waals surface area contributed by atoms with Crippen LogP contribution in [0.1, 0.15) is 37.0 Å². The molecule has 3 rings (SSSR count). The highest BCUT2D eigenvalue weighted by molar-refractivity contribution is 5.99. The Kier molecular flexibility index (Phi) is 5.30. The molecule has 0 spiro atoms. The Morgan fingerprint density at radius 3 is 2.92 bits per heavy atom. The summed E-state index contributed by atoms with van der Waals surface area (Å²) in [6, 6.07) is 10.4. The van der Waals surface area contributed by atoms with Crippen molar-refractivity contribution in [2.24, 2.45) is 5.92 Å². The maximum atomic E-state index is 12.6. The lowest BCUT2D eigenvalue weighted by Crippen LogP contribution is -2.43. The van der Waals surface area contributed by atoms with E-state index in [1.165, 1.54) is 19.4 Å². The maximum Gasteiger partial charge on any atom is 0.255 e. The SMILES string of the molecule is CC(C)N1CCCC(CNC(=O)c2cn[nH]c2-c2ccccc2)C1. The highest BCUT2D eigenvalue weighted by Gasteiger charge is 2.23. The van der Waals surface area contributed by atoms with Gasteiger partial charge in [0.05, 0.1) is 17.5 Å². The van der Waals surface area contributed by atoms with Crippen molar-refractivity contribution in [3.8, 4) is 11.3 Å². The molecular weight excluding hydrogens is 300 g/mol. The van der Waals surface area contributed by atoms with E-state index in [0.29, 0.717) is 17.5 Å². The first-order chi connectivity index (χ1) is 11.6. The third-order valence-corrected chi connectivity index (χ3v) is 4.78. The molecule has 2 aromatic rings. The van der Waals surface area contributed by atoms with Gasteiger partial charge in [0.25, 0.3) is 5.91 Å². The van der Waals surface area contributed by atoms with E-state index in [-0.39, 0.29) is 5.91 Å². The second kappa shape index (κ2) is 7.62. The summed E-state index contributed by atoms with van der Waals surface area (Å²) in [7, 11) is 0. The third-order valence-electron chi connectivity index (χ3n) is 4.78. The first-order valence-corrected chi connectivity index (χ1v) is 8.76. The number of nitrogens with one attached hydrogen (secondary N) is 2. The number of carbonyl (C=O) groups is 1. The van der Waals surface area contributed by atoms with Gasteiger partial charge < -0.3 is 10.2 Å². The number of hydrogen-bond acceptors (Lipinski definition) is 3. The van der Waals surface area contributed by atoms with Crippen LogP contribution in [-0.4, -0.2) is 46.7 Å². The first kappa shape index (κ1) is 16.7. The minimum absolute atomic E-state index is 0.0516. The molecule has 5 nitrogen and oxygen atoms in total. The standard InChI is InChI=1S/C19H26N4O/c1-14(2)23-10-6-7-15(13-23)11-20-19(24)17-12-21-22-18(17)16-8-4-3-5-9-16/h3-5,8-9,12,14-15H,6-7,10-11,13H2,1-2H3,(H,20,24)(H,21,22). The molecule has 1 atom stereocenters. The summed E-state index contributed by atoms with van der Waals surface area (Å²) in [5.74, 6) is 0.474. The molecule has 24 heavy (non-hydrogen) atoms. The predicted molar refractivity (Wildman–Crippen MR) is 95.8 cm³/mol. The molecule has 2 N–H and O–H groups in total. The van der Waals surface area contributed by atoms with Gasteiger partial charge in [0.2, 0.25) is 0 Å². The van der Waals surface area contributed by atoms with Gasteiger partial charge in [-0.05, 0) is 39.2 Å². The van der Waals surface area contributed by atoms with Crippen molar-refractivity contribution < 1.29 is 4.79 Å². The summed E-state index contributed by atoms with van der Waals surface area (Å²) in [6.45, 7) is 7.43. The Morgan fingerprint density at radius 2 is 2.17 bits per heavy atom. The Bertz CT molecular complexity index is 665. The van der Waals surface area contributed by atoms with Gasteiger partial charge in [0.15, 0.2) is 0 Å². The van der Waals surface area contributed by atoms with Gasteiger partial charge in [0, 0.05) is 24.7 Å². The molecule has 1 unspecified atom stereocenters. The number of H-pyrrole nitrogens is 1. The molecule has 1 aliphatic heterocycles. The Labute approximate surface area is 143 Å². The zero-order chi connectivity index (χ0) is 16.9. The van der Waals surface area contributed by atoms with Crippen LogP contribution in [0.25, 0.3) is 11.3 Å². The van der Waals surface area contributed by atoms with Crippen molar-refractivity contribution in [1.29, 1.82) is 0 Å². The second-order valence-electron chi connectivity index (χ2n) is 6.83. The van der Waals surface area contributed by atoms with Gasteiger partial charge >= 0.3 is 0 Å². The Hall–Kier alpha value is -2.14. The summed E-state index contributed by atoms with van der Waals surface area (Å²) < 4.78 is 0. The van der Waals surface area contributed by atoms with Crippen LogP contribution in [0, 0.1) is 5.92 Å². The van der Waals surface area contributed by atoms with E-state index < -0.39 is 0 Å². The van der Waals surface area contributed by atoms with E-state index in [1.54, 1.807) is 6.20 Å². The molecule has 0 aliphatic carbocycles. The summed E-state index contributed by atoms with van der Waals surface area (Å²) in [5, 5.41) is 10.1. The minimum atomic E-state index is -0.0516. The molecular formula is C19H26N4O. The topological polar surface area (TPSA) is 61.0 Å². The Morgan fingerprint density at radius 1 is 1.38 bits per heavy atom. The average Bonchev–Trinajstić information content (AvgIpc) is 3.10. The number of likely N-dealkylation sites (tertiary alicyclic amines) is 1. The molecule has 2 heterocycles. The van der Waals surface area contributed by atoms with E-state index in [0.717, 1.165) is 24.3 Å². The Balaban J connectivity index is 1.61. The number of carbonyl (C=O) groups excluding carboxylic acids is 1. The van der Waals surface area contributed by atoms with Crippen molar-refractivity contribution >= 4 is 5.91 Å². The normalized spacial score (nSPS) is 18.7. The van der Waals surface area contributed by atoms with Gasteiger partial charge in [-0.1, -0.05) is 30.3 Å². The van der Waals surface area contributed by atoms with Crippen LogP contribution in [0.15, 0.2) is 36.5 Å². The van der Waals surface area contributed by atoms with Crippen molar-refractivity contribution in [1.82, 2.24) is 20.4 Å². The molecule has 1 aliphatic rings. The molecule has 128 valence electrons. The van der Waals surface area contributed by atoms with Gasteiger partial charge in [-0.25, -0.2) is 0 Å². The fraction of sp³-hybridized carbons (Fsp3) is 0.474. The number of piperidine rings is 1. The molecule has 0 radical (unpaired) electrons. The molecule has 1 saturated heterocycles. The molecule has 0 bridgehead atoms. The lowest BCUT2D eigenvalue weighted by atomic mass is 9.97. The second-order valence-corrected chi connectivity index (χ2v) is 6.83. The number of benzene rings is 1. The van der Waals surface area contributed by atoms with Crippen LogP contribution < -0.4 is 5.32 Å². The quantitative estimate of drug-likeness (QED) is 0.888. The van der Waals surface area contributed by atoms with Crippen LogP contribution in [0.2, 0.25) is 0 Å².